The van der Waals surface area contributed by atoms with Crippen molar-refractivity contribution in [2.24, 2.45) is 0 Å². The van der Waals surface area contributed by atoms with Crippen LogP contribution in [0.1, 0.15) is 19.8 Å². The summed E-state index contributed by atoms with van der Waals surface area (Å²) in [6.45, 7) is 2.08. The van der Waals surface area contributed by atoms with Gasteiger partial charge in [-0.1, -0.05) is 0 Å². The minimum absolute atomic E-state index is 0.0185. The van der Waals surface area contributed by atoms with Crippen LogP contribution in [-0.2, 0) is 4.79 Å². The van der Waals surface area contributed by atoms with Crippen LogP contribution in [0.25, 0.3) is 0 Å². The van der Waals surface area contributed by atoms with E-state index in [9.17, 15) is 4.79 Å². The topological polar surface area (TPSA) is 29.1 Å². The third kappa shape index (κ3) is 1.07. The van der Waals surface area contributed by atoms with Crippen molar-refractivity contribution in [2.45, 2.75) is 31.8 Å². The van der Waals surface area contributed by atoms with Crippen molar-refractivity contribution in [3.8, 4) is 0 Å². The van der Waals surface area contributed by atoms with Gasteiger partial charge in [0.25, 0.3) is 0 Å². The molecule has 0 spiro atoms. The Morgan fingerprint density at radius 3 is 2.62 bits per heavy atom. The first-order valence-electron chi connectivity index (χ1n) is 2.96. The average molecular weight is 112 g/mol. The van der Waals surface area contributed by atoms with Crippen LogP contribution in [0, 0.1) is 0 Å². The SMILES string of the molecule is C[C@@H]1CC[C@@H]([C]=O)N1. The van der Waals surface area contributed by atoms with Crippen molar-refractivity contribution in [1.29, 1.82) is 0 Å². The summed E-state index contributed by atoms with van der Waals surface area (Å²) in [6.07, 6.45) is 4.01. The van der Waals surface area contributed by atoms with Gasteiger partial charge in [0.2, 0.25) is 6.29 Å². The van der Waals surface area contributed by atoms with Gasteiger partial charge in [0.05, 0.1) is 6.04 Å². The Morgan fingerprint density at radius 2 is 2.38 bits per heavy atom. The fraction of sp³-hybridized carbons (Fsp3) is 0.833. The summed E-state index contributed by atoms with van der Waals surface area (Å²) < 4.78 is 0. The molecular formula is C6H10NO. The molecule has 0 aromatic rings. The van der Waals surface area contributed by atoms with Crippen LogP contribution in [0.2, 0.25) is 0 Å². The van der Waals surface area contributed by atoms with Gasteiger partial charge in [0.1, 0.15) is 0 Å². The van der Waals surface area contributed by atoms with Crippen LogP contribution >= 0.6 is 0 Å². The van der Waals surface area contributed by atoms with Gasteiger partial charge < -0.3 is 5.32 Å². The second-order valence-corrected chi connectivity index (χ2v) is 2.32. The second-order valence-electron chi connectivity index (χ2n) is 2.32. The minimum atomic E-state index is 0.0185. The first-order valence-corrected chi connectivity index (χ1v) is 2.96. The number of carbonyl (C=O) groups excluding carboxylic acids is 1. The maximum absolute atomic E-state index is 9.97. The van der Waals surface area contributed by atoms with Crippen LogP contribution in [-0.4, -0.2) is 18.4 Å². The van der Waals surface area contributed by atoms with Gasteiger partial charge in [-0.3, -0.25) is 4.79 Å². The molecule has 1 aliphatic rings. The number of hydrogen-bond donors (Lipinski definition) is 1. The van der Waals surface area contributed by atoms with Crippen LogP contribution in [0.15, 0.2) is 0 Å². The zero-order chi connectivity index (χ0) is 5.98. The predicted octanol–water partition coefficient (Wildman–Crippen LogP) is 0.237. The summed E-state index contributed by atoms with van der Waals surface area (Å²) in [5.41, 5.74) is 0. The standard InChI is InChI=1S/C6H10NO/c1-5-2-3-6(4-8)7-5/h5-7H,2-3H2,1H3/t5-,6+/m1/s1. The third-order valence-electron chi connectivity index (χ3n) is 1.52. The molecule has 0 aromatic heterocycles. The van der Waals surface area contributed by atoms with E-state index in [4.69, 9.17) is 0 Å². The summed E-state index contributed by atoms with van der Waals surface area (Å²) >= 11 is 0. The molecule has 1 N–H and O–H groups in total. The van der Waals surface area contributed by atoms with E-state index in [1.54, 1.807) is 0 Å². The summed E-state index contributed by atoms with van der Waals surface area (Å²) in [5.74, 6) is 0. The molecule has 1 radical (unpaired) electrons. The van der Waals surface area contributed by atoms with Gasteiger partial charge in [-0.25, -0.2) is 0 Å². The summed E-state index contributed by atoms with van der Waals surface area (Å²) in [6, 6.07) is 0.534. The van der Waals surface area contributed by atoms with Crippen LogP contribution < -0.4 is 5.32 Å². The summed E-state index contributed by atoms with van der Waals surface area (Å²) in [4.78, 5) is 9.97. The first kappa shape index (κ1) is 5.76. The zero-order valence-corrected chi connectivity index (χ0v) is 4.98. The Labute approximate surface area is 49.3 Å². The normalized spacial score (nSPS) is 37.6. The molecule has 0 saturated carbocycles. The fourth-order valence-corrected chi connectivity index (χ4v) is 1.02. The van der Waals surface area contributed by atoms with Crippen molar-refractivity contribution >= 4 is 6.29 Å². The summed E-state index contributed by atoms with van der Waals surface area (Å²) in [7, 11) is 0. The lowest BCUT2D eigenvalue weighted by atomic mass is 10.2. The lowest BCUT2D eigenvalue weighted by Gasteiger charge is -2.00. The van der Waals surface area contributed by atoms with E-state index in [2.05, 4.69) is 12.2 Å². The second kappa shape index (κ2) is 2.27. The molecule has 1 saturated heterocycles. The molecule has 0 unspecified atom stereocenters. The quantitative estimate of drug-likeness (QED) is 0.526. The molecule has 1 rings (SSSR count). The maximum Gasteiger partial charge on any atom is 0.216 e. The van der Waals surface area contributed by atoms with Gasteiger partial charge in [0.15, 0.2) is 0 Å². The fourth-order valence-electron chi connectivity index (χ4n) is 1.02. The van der Waals surface area contributed by atoms with Crippen molar-refractivity contribution in [3.05, 3.63) is 0 Å². The molecule has 8 heavy (non-hydrogen) atoms. The number of hydrogen-bond acceptors (Lipinski definition) is 2. The Kier molecular flexibility index (Phi) is 1.63. The highest BCUT2D eigenvalue weighted by atomic mass is 16.1. The Hall–Kier alpha value is -0.370. The molecule has 0 amide bonds. The first-order chi connectivity index (χ1) is 3.83. The molecule has 1 aliphatic heterocycles. The molecule has 45 valence electrons. The minimum Gasteiger partial charge on any atom is -0.305 e. The lowest BCUT2D eigenvalue weighted by molar-refractivity contribution is 0.527. The monoisotopic (exact) mass is 112 g/mol. The van der Waals surface area contributed by atoms with Gasteiger partial charge >= 0.3 is 0 Å². The van der Waals surface area contributed by atoms with E-state index in [-0.39, 0.29) is 6.04 Å². The van der Waals surface area contributed by atoms with Gasteiger partial charge in [-0.15, -0.1) is 0 Å². The largest absolute Gasteiger partial charge is 0.305 e. The van der Waals surface area contributed by atoms with Crippen molar-refractivity contribution in [2.75, 3.05) is 0 Å². The van der Waals surface area contributed by atoms with Gasteiger partial charge in [0, 0.05) is 6.04 Å². The van der Waals surface area contributed by atoms with Crippen molar-refractivity contribution < 1.29 is 4.79 Å². The Morgan fingerprint density at radius 1 is 1.62 bits per heavy atom. The Balaban J connectivity index is 2.32. The highest BCUT2D eigenvalue weighted by Gasteiger charge is 2.19. The van der Waals surface area contributed by atoms with Crippen LogP contribution in [0.3, 0.4) is 0 Å². The molecule has 0 aliphatic carbocycles. The van der Waals surface area contributed by atoms with Crippen molar-refractivity contribution in [1.82, 2.24) is 5.32 Å². The van der Waals surface area contributed by atoms with E-state index < -0.39 is 0 Å². The highest BCUT2D eigenvalue weighted by molar-refractivity contribution is 5.59. The smallest absolute Gasteiger partial charge is 0.216 e. The van der Waals surface area contributed by atoms with E-state index in [1.165, 1.54) is 0 Å². The lowest BCUT2D eigenvalue weighted by Crippen LogP contribution is -2.27. The van der Waals surface area contributed by atoms with Crippen molar-refractivity contribution in [3.63, 3.8) is 0 Å². The summed E-state index contributed by atoms with van der Waals surface area (Å²) in [5, 5.41) is 3.08. The maximum atomic E-state index is 9.97. The zero-order valence-electron chi connectivity index (χ0n) is 4.98. The molecule has 2 heteroatoms. The number of nitrogens with one attached hydrogen (secondary N) is 1. The number of rotatable bonds is 1. The molecule has 1 fully saturated rings. The average Bonchev–Trinajstić information content (AvgIpc) is 2.14. The molecule has 1 heterocycles. The molecule has 2 atom stereocenters. The third-order valence-corrected chi connectivity index (χ3v) is 1.52. The molecule has 0 aromatic carbocycles. The molecular weight excluding hydrogens is 102 g/mol. The predicted molar refractivity (Wildman–Crippen MR) is 31.3 cm³/mol. The van der Waals surface area contributed by atoms with E-state index in [0.717, 1.165) is 12.8 Å². The van der Waals surface area contributed by atoms with E-state index >= 15 is 0 Å². The molecule has 0 bridgehead atoms. The van der Waals surface area contributed by atoms with E-state index in [0.29, 0.717) is 6.04 Å². The van der Waals surface area contributed by atoms with Gasteiger partial charge in [-0.05, 0) is 19.8 Å². The van der Waals surface area contributed by atoms with Crippen LogP contribution in [0.4, 0.5) is 0 Å². The van der Waals surface area contributed by atoms with Crippen LogP contribution in [0.5, 0.6) is 0 Å². The molecule has 2 nitrogen and oxygen atoms in total. The Bertz CT molecular complexity index is 92.5. The van der Waals surface area contributed by atoms with E-state index in [1.807, 2.05) is 6.29 Å². The van der Waals surface area contributed by atoms with Gasteiger partial charge in [-0.2, -0.15) is 0 Å². The highest BCUT2D eigenvalue weighted by Crippen LogP contribution is 2.08.